The maximum Gasteiger partial charge on any atom is 0.0224 e. The van der Waals surface area contributed by atoms with Gasteiger partial charge in [0.25, 0.3) is 0 Å². The minimum atomic E-state index is 0.722. The van der Waals surface area contributed by atoms with Gasteiger partial charge in [0.05, 0.1) is 0 Å². The van der Waals surface area contributed by atoms with Crippen LogP contribution >= 0.6 is 0 Å². The first-order chi connectivity index (χ1) is 8.83. The summed E-state index contributed by atoms with van der Waals surface area (Å²) in [5.41, 5.74) is 0. The number of hydrogen-bond acceptors (Lipinski definition) is 4. The van der Waals surface area contributed by atoms with Gasteiger partial charge in [0.2, 0.25) is 0 Å². The molecule has 4 nitrogen and oxygen atoms in total. The molecule has 3 aliphatic rings. The lowest BCUT2D eigenvalue weighted by Crippen LogP contribution is -2.55. The lowest BCUT2D eigenvalue weighted by Gasteiger charge is -2.41. The third kappa shape index (κ3) is 2.87. The van der Waals surface area contributed by atoms with Crippen molar-refractivity contribution in [3.05, 3.63) is 0 Å². The lowest BCUT2D eigenvalue weighted by molar-refractivity contribution is 0.0719. The molecule has 0 aromatic carbocycles. The van der Waals surface area contributed by atoms with Gasteiger partial charge >= 0.3 is 0 Å². The van der Waals surface area contributed by atoms with Gasteiger partial charge in [0.1, 0.15) is 0 Å². The van der Waals surface area contributed by atoms with Crippen molar-refractivity contribution >= 4 is 0 Å². The second kappa shape index (κ2) is 5.87. The minimum Gasteiger partial charge on any atom is -0.314 e. The van der Waals surface area contributed by atoms with E-state index in [9.17, 15) is 0 Å². The zero-order chi connectivity index (χ0) is 12.4. The summed E-state index contributed by atoms with van der Waals surface area (Å²) in [6, 6.07) is 1.59. The molecule has 0 aliphatic carbocycles. The van der Waals surface area contributed by atoms with Crippen LogP contribution in [0.15, 0.2) is 0 Å². The Kier molecular flexibility index (Phi) is 4.19. The van der Waals surface area contributed by atoms with Gasteiger partial charge in [-0.3, -0.25) is 14.7 Å². The molecule has 4 heteroatoms. The molecule has 2 unspecified atom stereocenters. The first kappa shape index (κ1) is 12.9. The van der Waals surface area contributed by atoms with Crippen LogP contribution < -0.4 is 5.32 Å². The Bertz CT molecular complexity index is 265. The minimum absolute atomic E-state index is 0.722. The highest BCUT2D eigenvalue weighted by Crippen LogP contribution is 2.21. The molecule has 0 spiro atoms. The van der Waals surface area contributed by atoms with Gasteiger partial charge in [-0.25, -0.2) is 0 Å². The van der Waals surface area contributed by atoms with Gasteiger partial charge in [-0.2, -0.15) is 0 Å². The zero-order valence-electron chi connectivity index (χ0n) is 11.8. The van der Waals surface area contributed by atoms with E-state index in [0.29, 0.717) is 0 Å². The highest BCUT2D eigenvalue weighted by atomic mass is 15.3. The van der Waals surface area contributed by atoms with Crippen LogP contribution in [0.25, 0.3) is 0 Å². The fraction of sp³-hybridized carbons (Fsp3) is 1.00. The molecular formula is C14H28N4. The number of hydrogen-bond donors (Lipinski definition) is 1. The Morgan fingerprint density at radius 2 is 1.94 bits per heavy atom. The summed E-state index contributed by atoms with van der Waals surface area (Å²) in [5, 5.41) is 3.44. The molecule has 3 saturated heterocycles. The van der Waals surface area contributed by atoms with Crippen molar-refractivity contribution in [3.63, 3.8) is 0 Å². The number of fused-ring (bicyclic) bond motifs is 1. The number of nitrogens with zero attached hydrogens (tertiary/aromatic N) is 3. The highest BCUT2D eigenvalue weighted by Gasteiger charge is 2.31. The third-order valence-electron chi connectivity index (χ3n) is 4.97. The molecule has 0 aromatic heterocycles. The molecule has 104 valence electrons. The quantitative estimate of drug-likeness (QED) is 0.767. The maximum absolute atomic E-state index is 3.44. The van der Waals surface area contributed by atoms with Crippen molar-refractivity contribution in [2.45, 2.75) is 31.8 Å². The third-order valence-corrected chi connectivity index (χ3v) is 4.97. The first-order valence-electron chi connectivity index (χ1n) is 7.74. The van der Waals surface area contributed by atoms with E-state index in [0.717, 1.165) is 12.1 Å². The fourth-order valence-electron chi connectivity index (χ4n) is 3.83. The van der Waals surface area contributed by atoms with Gasteiger partial charge in [-0.1, -0.05) is 0 Å². The highest BCUT2D eigenvalue weighted by molar-refractivity contribution is 4.88. The second-order valence-corrected chi connectivity index (χ2v) is 6.23. The first-order valence-corrected chi connectivity index (χ1v) is 7.74. The Balaban J connectivity index is 1.47. The summed E-state index contributed by atoms with van der Waals surface area (Å²) >= 11 is 0. The Morgan fingerprint density at radius 1 is 1.11 bits per heavy atom. The van der Waals surface area contributed by atoms with Crippen LogP contribution in [0, 0.1) is 0 Å². The standard InChI is InChI=1S/C14H28N4/c1-13(17-7-4-15-5-8-17)11-16-9-10-18-6-2-3-14(18)12-16/h13-15H,2-12H2,1H3. The molecule has 0 bridgehead atoms. The smallest absolute Gasteiger partial charge is 0.0224 e. The van der Waals surface area contributed by atoms with E-state index in [4.69, 9.17) is 0 Å². The van der Waals surface area contributed by atoms with Gasteiger partial charge in [-0.05, 0) is 26.3 Å². The second-order valence-electron chi connectivity index (χ2n) is 6.23. The predicted octanol–water partition coefficient (Wildman–Crippen LogP) is 0.0601. The van der Waals surface area contributed by atoms with Gasteiger partial charge in [0.15, 0.2) is 0 Å². The van der Waals surface area contributed by atoms with Crippen LogP contribution in [0.5, 0.6) is 0 Å². The molecule has 0 radical (unpaired) electrons. The fourth-order valence-corrected chi connectivity index (χ4v) is 3.83. The summed E-state index contributed by atoms with van der Waals surface area (Å²) in [6.45, 7) is 13.7. The van der Waals surface area contributed by atoms with Crippen LogP contribution in [0.2, 0.25) is 0 Å². The van der Waals surface area contributed by atoms with Crippen LogP contribution in [0.4, 0.5) is 0 Å². The molecule has 0 saturated carbocycles. The van der Waals surface area contributed by atoms with Crippen molar-refractivity contribution in [1.82, 2.24) is 20.0 Å². The molecule has 0 aromatic rings. The summed E-state index contributed by atoms with van der Waals surface area (Å²) < 4.78 is 0. The van der Waals surface area contributed by atoms with Crippen LogP contribution in [-0.4, -0.2) is 85.7 Å². The summed E-state index contributed by atoms with van der Waals surface area (Å²) in [5.74, 6) is 0. The molecule has 18 heavy (non-hydrogen) atoms. The van der Waals surface area contributed by atoms with Crippen LogP contribution in [0.3, 0.4) is 0 Å². The van der Waals surface area contributed by atoms with Gasteiger partial charge < -0.3 is 5.32 Å². The molecule has 0 amide bonds. The zero-order valence-corrected chi connectivity index (χ0v) is 11.8. The van der Waals surface area contributed by atoms with Gasteiger partial charge in [-0.15, -0.1) is 0 Å². The molecule has 1 N–H and O–H groups in total. The number of rotatable bonds is 3. The number of piperazine rings is 2. The predicted molar refractivity (Wildman–Crippen MR) is 74.9 cm³/mol. The topological polar surface area (TPSA) is 21.8 Å². The summed E-state index contributed by atoms with van der Waals surface area (Å²) in [6.07, 6.45) is 2.85. The van der Waals surface area contributed by atoms with Gasteiger partial charge in [0, 0.05) is 64.4 Å². The molecule has 2 atom stereocenters. The average Bonchev–Trinajstić information content (AvgIpc) is 2.87. The van der Waals surface area contributed by atoms with E-state index < -0.39 is 0 Å². The van der Waals surface area contributed by atoms with E-state index >= 15 is 0 Å². The number of nitrogens with one attached hydrogen (secondary N) is 1. The summed E-state index contributed by atoms with van der Waals surface area (Å²) in [7, 11) is 0. The SMILES string of the molecule is CC(CN1CCN2CCCC2C1)N1CCNCC1. The Labute approximate surface area is 111 Å². The van der Waals surface area contributed by atoms with E-state index in [-0.39, 0.29) is 0 Å². The Morgan fingerprint density at radius 3 is 2.78 bits per heavy atom. The van der Waals surface area contributed by atoms with Crippen molar-refractivity contribution in [2.24, 2.45) is 0 Å². The molecule has 3 rings (SSSR count). The lowest BCUT2D eigenvalue weighted by atomic mass is 10.1. The van der Waals surface area contributed by atoms with Crippen molar-refractivity contribution in [2.75, 3.05) is 58.9 Å². The van der Waals surface area contributed by atoms with Crippen molar-refractivity contribution in [1.29, 1.82) is 0 Å². The largest absolute Gasteiger partial charge is 0.314 e. The monoisotopic (exact) mass is 252 g/mol. The average molecular weight is 252 g/mol. The van der Waals surface area contributed by atoms with E-state index in [1.165, 1.54) is 71.7 Å². The Hall–Kier alpha value is -0.160. The van der Waals surface area contributed by atoms with E-state index in [1.54, 1.807) is 0 Å². The normalized spacial score (nSPS) is 33.5. The molecule has 3 aliphatic heterocycles. The molecular weight excluding hydrogens is 224 g/mol. The maximum atomic E-state index is 3.44. The molecule has 3 fully saturated rings. The van der Waals surface area contributed by atoms with Crippen LogP contribution in [-0.2, 0) is 0 Å². The molecule has 3 heterocycles. The van der Waals surface area contributed by atoms with Crippen molar-refractivity contribution in [3.8, 4) is 0 Å². The van der Waals surface area contributed by atoms with E-state index in [2.05, 4.69) is 26.9 Å². The van der Waals surface area contributed by atoms with Crippen molar-refractivity contribution < 1.29 is 0 Å². The summed E-state index contributed by atoms with van der Waals surface area (Å²) in [4.78, 5) is 8.06. The van der Waals surface area contributed by atoms with Crippen LogP contribution in [0.1, 0.15) is 19.8 Å². The van der Waals surface area contributed by atoms with E-state index in [1.807, 2.05) is 0 Å².